The van der Waals surface area contributed by atoms with Gasteiger partial charge in [-0.05, 0) is 56.2 Å². The van der Waals surface area contributed by atoms with Crippen LogP contribution in [-0.4, -0.2) is 38.8 Å². The summed E-state index contributed by atoms with van der Waals surface area (Å²) in [6.07, 6.45) is 1.33. The molecule has 0 aromatic heterocycles. The number of hydrogen-bond acceptors (Lipinski definition) is 4. The Kier molecular flexibility index (Phi) is 5.82. The molecule has 3 rings (SSSR count). The van der Waals surface area contributed by atoms with E-state index < -0.39 is 10.0 Å². The van der Waals surface area contributed by atoms with Crippen LogP contribution >= 0.6 is 0 Å². The molecule has 0 bridgehead atoms. The van der Waals surface area contributed by atoms with Crippen LogP contribution in [0.2, 0.25) is 0 Å². The number of carbonyl (C=O) groups excluding carboxylic acids is 1. The topological polar surface area (TPSA) is 75.7 Å². The van der Waals surface area contributed by atoms with Crippen molar-refractivity contribution in [3.8, 4) is 5.75 Å². The molecule has 27 heavy (non-hydrogen) atoms. The summed E-state index contributed by atoms with van der Waals surface area (Å²) in [5, 5.41) is 2.87. The van der Waals surface area contributed by atoms with Gasteiger partial charge in [-0.1, -0.05) is 17.7 Å². The number of carbonyl (C=O) groups is 1. The highest BCUT2D eigenvalue weighted by Crippen LogP contribution is 2.25. The Morgan fingerprint density at radius 2 is 1.78 bits per heavy atom. The predicted octanol–water partition coefficient (Wildman–Crippen LogP) is 3.04. The number of hydrogen-bond donors (Lipinski definition) is 1. The summed E-state index contributed by atoms with van der Waals surface area (Å²) >= 11 is 0. The van der Waals surface area contributed by atoms with Gasteiger partial charge < -0.3 is 10.1 Å². The van der Waals surface area contributed by atoms with Gasteiger partial charge in [-0.25, -0.2) is 8.42 Å². The van der Waals surface area contributed by atoms with Crippen LogP contribution in [0.25, 0.3) is 0 Å². The largest absolute Gasteiger partial charge is 0.497 e. The van der Waals surface area contributed by atoms with E-state index in [2.05, 4.69) is 5.32 Å². The molecule has 0 aliphatic carbocycles. The zero-order valence-corrected chi connectivity index (χ0v) is 16.3. The Hall–Kier alpha value is -2.38. The molecule has 1 saturated heterocycles. The molecule has 1 heterocycles. The SMILES string of the molecule is COc1ccc(NC(=O)[C@@H]2CCCN(S(=O)(=O)c3ccc(C)cc3)C2)cc1. The summed E-state index contributed by atoms with van der Waals surface area (Å²) in [5.74, 6) is 0.172. The number of benzene rings is 2. The summed E-state index contributed by atoms with van der Waals surface area (Å²) in [7, 11) is -2.01. The van der Waals surface area contributed by atoms with Crippen LogP contribution in [0.3, 0.4) is 0 Å². The number of aryl methyl sites for hydroxylation is 1. The Bertz CT molecular complexity index is 893. The van der Waals surface area contributed by atoms with Gasteiger partial charge in [-0.15, -0.1) is 0 Å². The van der Waals surface area contributed by atoms with Gasteiger partial charge in [0.25, 0.3) is 0 Å². The van der Waals surface area contributed by atoms with Crippen LogP contribution in [0.4, 0.5) is 5.69 Å². The fraction of sp³-hybridized carbons (Fsp3) is 0.350. The number of nitrogens with one attached hydrogen (secondary N) is 1. The lowest BCUT2D eigenvalue weighted by Crippen LogP contribution is -2.43. The maximum atomic E-state index is 12.9. The van der Waals surface area contributed by atoms with Crippen molar-refractivity contribution in [1.82, 2.24) is 4.31 Å². The van der Waals surface area contributed by atoms with Crippen molar-refractivity contribution < 1.29 is 17.9 Å². The highest BCUT2D eigenvalue weighted by molar-refractivity contribution is 7.89. The van der Waals surface area contributed by atoms with Crippen molar-refractivity contribution in [2.24, 2.45) is 5.92 Å². The van der Waals surface area contributed by atoms with Gasteiger partial charge in [-0.2, -0.15) is 4.31 Å². The minimum Gasteiger partial charge on any atom is -0.497 e. The number of anilines is 1. The number of sulfonamides is 1. The van der Waals surface area contributed by atoms with Crippen LogP contribution in [0.5, 0.6) is 5.75 Å². The third-order valence-electron chi connectivity index (χ3n) is 4.77. The second-order valence-electron chi connectivity index (χ2n) is 6.73. The Morgan fingerprint density at radius 3 is 2.41 bits per heavy atom. The van der Waals surface area contributed by atoms with Crippen LogP contribution in [0.1, 0.15) is 18.4 Å². The van der Waals surface area contributed by atoms with Crippen molar-refractivity contribution in [3.05, 3.63) is 54.1 Å². The smallest absolute Gasteiger partial charge is 0.243 e. The van der Waals surface area contributed by atoms with E-state index >= 15 is 0 Å². The van der Waals surface area contributed by atoms with E-state index in [4.69, 9.17) is 4.74 Å². The average Bonchev–Trinajstić information content (AvgIpc) is 2.69. The lowest BCUT2D eigenvalue weighted by atomic mass is 9.99. The molecule has 0 spiro atoms. The lowest BCUT2D eigenvalue weighted by molar-refractivity contribution is -0.120. The molecule has 1 fully saturated rings. The van der Waals surface area contributed by atoms with E-state index in [1.807, 2.05) is 6.92 Å². The third kappa shape index (κ3) is 4.48. The molecule has 7 heteroatoms. The number of rotatable bonds is 5. The number of nitrogens with zero attached hydrogens (tertiary/aromatic N) is 1. The van der Waals surface area contributed by atoms with Crippen LogP contribution < -0.4 is 10.1 Å². The summed E-state index contributed by atoms with van der Waals surface area (Å²) in [4.78, 5) is 12.9. The van der Waals surface area contributed by atoms with Crippen molar-refractivity contribution in [2.75, 3.05) is 25.5 Å². The Labute approximate surface area is 160 Å². The minimum atomic E-state index is -3.59. The van der Waals surface area contributed by atoms with Gasteiger partial charge in [0.05, 0.1) is 17.9 Å². The molecule has 0 unspecified atom stereocenters. The monoisotopic (exact) mass is 388 g/mol. The number of piperidine rings is 1. The van der Waals surface area contributed by atoms with E-state index in [0.717, 1.165) is 5.56 Å². The molecule has 0 saturated carbocycles. The average molecular weight is 388 g/mol. The highest BCUT2D eigenvalue weighted by Gasteiger charge is 2.33. The minimum absolute atomic E-state index is 0.163. The van der Waals surface area contributed by atoms with E-state index in [0.29, 0.717) is 30.8 Å². The summed E-state index contributed by atoms with van der Waals surface area (Å²) in [5.41, 5.74) is 1.67. The van der Waals surface area contributed by atoms with E-state index in [-0.39, 0.29) is 23.3 Å². The van der Waals surface area contributed by atoms with Crippen molar-refractivity contribution in [1.29, 1.82) is 0 Å². The van der Waals surface area contributed by atoms with Crippen LogP contribution in [-0.2, 0) is 14.8 Å². The fourth-order valence-electron chi connectivity index (χ4n) is 3.15. The standard InChI is InChI=1S/C20H24N2O4S/c1-15-5-11-19(12-6-15)27(24,25)22-13-3-4-16(14-22)20(23)21-17-7-9-18(26-2)10-8-17/h5-12,16H,3-4,13-14H2,1-2H3,(H,21,23)/t16-/m1/s1. The normalized spacial score (nSPS) is 18.1. The highest BCUT2D eigenvalue weighted by atomic mass is 32.2. The fourth-order valence-corrected chi connectivity index (χ4v) is 4.68. The van der Waals surface area contributed by atoms with Crippen LogP contribution in [0.15, 0.2) is 53.4 Å². The maximum absolute atomic E-state index is 12.9. The zero-order valence-electron chi connectivity index (χ0n) is 15.5. The Balaban J connectivity index is 1.69. The van der Waals surface area contributed by atoms with Gasteiger partial charge >= 0.3 is 0 Å². The summed E-state index contributed by atoms with van der Waals surface area (Å²) < 4.78 is 32.3. The number of amides is 1. The maximum Gasteiger partial charge on any atom is 0.243 e. The van der Waals surface area contributed by atoms with Gasteiger partial charge in [0, 0.05) is 18.8 Å². The number of methoxy groups -OCH3 is 1. The zero-order chi connectivity index (χ0) is 19.4. The first-order chi connectivity index (χ1) is 12.9. The third-order valence-corrected chi connectivity index (χ3v) is 6.65. The molecule has 144 valence electrons. The van der Waals surface area contributed by atoms with Crippen molar-refractivity contribution in [3.63, 3.8) is 0 Å². The first-order valence-corrected chi connectivity index (χ1v) is 10.4. The molecular weight excluding hydrogens is 364 g/mol. The quantitative estimate of drug-likeness (QED) is 0.854. The molecule has 0 radical (unpaired) electrons. The molecule has 1 atom stereocenters. The lowest BCUT2D eigenvalue weighted by Gasteiger charge is -2.31. The molecule has 6 nitrogen and oxygen atoms in total. The molecule has 1 N–H and O–H groups in total. The Morgan fingerprint density at radius 1 is 1.11 bits per heavy atom. The number of ether oxygens (including phenoxy) is 1. The van der Waals surface area contributed by atoms with Gasteiger partial charge in [0.1, 0.15) is 5.75 Å². The van der Waals surface area contributed by atoms with Crippen molar-refractivity contribution >= 4 is 21.6 Å². The molecular formula is C20H24N2O4S. The van der Waals surface area contributed by atoms with Gasteiger partial charge in [-0.3, -0.25) is 4.79 Å². The first-order valence-electron chi connectivity index (χ1n) is 8.92. The van der Waals surface area contributed by atoms with Crippen LogP contribution in [0, 0.1) is 12.8 Å². The second-order valence-corrected chi connectivity index (χ2v) is 8.67. The van der Waals surface area contributed by atoms with Gasteiger partial charge in [0.2, 0.25) is 15.9 Å². The van der Waals surface area contributed by atoms with E-state index in [1.54, 1.807) is 55.6 Å². The molecule has 2 aromatic rings. The summed E-state index contributed by atoms with van der Waals surface area (Å²) in [6, 6.07) is 13.9. The van der Waals surface area contributed by atoms with E-state index in [9.17, 15) is 13.2 Å². The first kappa shape index (κ1) is 19.4. The molecule has 1 amide bonds. The second kappa shape index (κ2) is 8.10. The predicted molar refractivity (Wildman–Crippen MR) is 104 cm³/mol. The molecule has 1 aliphatic heterocycles. The summed E-state index contributed by atoms with van der Waals surface area (Å²) in [6.45, 7) is 2.54. The van der Waals surface area contributed by atoms with Gasteiger partial charge in [0.15, 0.2) is 0 Å². The molecule has 2 aromatic carbocycles. The van der Waals surface area contributed by atoms with E-state index in [1.165, 1.54) is 4.31 Å². The van der Waals surface area contributed by atoms with Crippen molar-refractivity contribution in [2.45, 2.75) is 24.7 Å². The molecule has 1 aliphatic rings.